The standard InChI is InChI=1S/C19H33N5.HI/c1-4-23-9-11-24(12-10-23)15-18-7-5-17(6-8-18)14-22-19(20)21-13-16(2)3;/h5-8,16H,4,9-15H2,1-3H3,(H3,20,21,22);1H. The number of nitrogens with one attached hydrogen (secondary N) is 1. The fourth-order valence-corrected chi connectivity index (χ4v) is 2.81. The first-order chi connectivity index (χ1) is 11.6. The van der Waals surface area contributed by atoms with Crippen LogP contribution in [0.15, 0.2) is 29.3 Å². The van der Waals surface area contributed by atoms with Gasteiger partial charge < -0.3 is 16.0 Å². The molecule has 1 saturated heterocycles. The highest BCUT2D eigenvalue weighted by Gasteiger charge is 2.15. The molecule has 142 valence electrons. The second kappa shape index (κ2) is 11.7. The molecule has 0 unspecified atom stereocenters. The molecule has 0 aliphatic carbocycles. The molecule has 5 nitrogen and oxygen atoms in total. The highest BCUT2D eigenvalue weighted by Crippen LogP contribution is 2.10. The first kappa shape index (κ1) is 22.2. The molecule has 1 aromatic rings. The Hall–Kier alpha value is -0.860. The second-order valence-corrected chi connectivity index (χ2v) is 7.00. The second-order valence-electron chi connectivity index (χ2n) is 7.00. The van der Waals surface area contributed by atoms with Crippen molar-refractivity contribution in [1.29, 1.82) is 0 Å². The summed E-state index contributed by atoms with van der Waals surface area (Å²) in [4.78, 5) is 9.44. The van der Waals surface area contributed by atoms with E-state index in [4.69, 9.17) is 5.73 Å². The lowest BCUT2D eigenvalue weighted by Crippen LogP contribution is -2.45. The summed E-state index contributed by atoms with van der Waals surface area (Å²) in [5.41, 5.74) is 8.45. The number of halogens is 1. The maximum absolute atomic E-state index is 5.87. The summed E-state index contributed by atoms with van der Waals surface area (Å²) in [5, 5.41) is 3.14. The molecule has 1 aliphatic rings. The largest absolute Gasteiger partial charge is 0.370 e. The summed E-state index contributed by atoms with van der Waals surface area (Å²) in [6, 6.07) is 8.76. The first-order valence-electron chi connectivity index (χ1n) is 9.13. The van der Waals surface area contributed by atoms with Crippen LogP contribution in [0.25, 0.3) is 0 Å². The maximum Gasteiger partial charge on any atom is 0.188 e. The average Bonchev–Trinajstić information content (AvgIpc) is 2.60. The summed E-state index contributed by atoms with van der Waals surface area (Å²) in [5.74, 6) is 1.10. The smallest absolute Gasteiger partial charge is 0.188 e. The molecule has 2 rings (SSSR count). The third-order valence-electron chi connectivity index (χ3n) is 4.46. The van der Waals surface area contributed by atoms with Crippen molar-refractivity contribution in [2.24, 2.45) is 16.6 Å². The molecule has 0 spiro atoms. The Morgan fingerprint density at radius 1 is 1.08 bits per heavy atom. The van der Waals surface area contributed by atoms with Gasteiger partial charge in [0.15, 0.2) is 5.96 Å². The average molecular weight is 459 g/mol. The van der Waals surface area contributed by atoms with Crippen molar-refractivity contribution in [1.82, 2.24) is 15.1 Å². The summed E-state index contributed by atoms with van der Waals surface area (Å²) in [6.45, 7) is 14.9. The summed E-state index contributed by atoms with van der Waals surface area (Å²) in [6.07, 6.45) is 0. The highest BCUT2D eigenvalue weighted by molar-refractivity contribution is 14.0. The van der Waals surface area contributed by atoms with E-state index < -0.39 is 0 Å². The van der Waals surface area contributed by atoms with Gasteiger partial charge in [0.1, 0.15) is 0 Å². The lowest BCUT2D eigenvalue weighted by molar-refractivity contribution is 0.132. The predicted octanol–water partition coefficient (Wildman–Crippen LogP) is 2.50. The molecule has 0 radical (unpaired) electrons. The van der Waals surface area contributed by atoms with Crippen molar-refractivity contribution < 1.29 is 0 Å². The molecule has 0 atom stereocenters. The van der Waals surface area contributed by atoms with Gasteiger partial charge in [0.05, 0.1) is 6.54 Å². The number of rotatable bonds is 7. The van der Waals surface area contributed by atoms with Crippen LogP contribution in [-0.4, -0.2) is 55.0 Å². The molecule has 1 heterocycles. The van der Waals surface area contributed by atoms with Gasteiger partial charge in [-0.3, -0.25) is 4.90 Å². The molecule has 0 aromatic heterocycles. The van der Waals surface area contributed by atoms with E-state index in [9.17, 15) is 0 Å². The molecule has 25 heavy (non-hydrogen) atoms. The van der Waals surface area contributed by atoms with Gasteiger partial charge >= 0.3 is 0 Å². The SMILES string of the molecule is CCN1CCN(Cc2ccc(CN=C(N)NCC(C)C)cc2)CC1.I. The quantitative estimate of drug-likeness (QED) is 0.374. The third-order valence-corrected chi connectivity index (χ3v) is 4.46. The molecule has 6 heteroatoms. The van der Waals surface area contributed by atoms with E-state index in [0.717, 1.165) is 32.7 Å². The van der Waals surface area contributed by atoms with Crippen molar-refractivity contribution in [2.75, 3.05) is 39.3 Å². The minimum atomic E-state index is 0. The van der Waals surface area contributed by atoms with Gasteiger partial charge in [0.25, 0.3) is 0 Å². The van der Waals surface area contributed by atoms with Crippen LogP contribution in [0.4, 0.5) is 0 Å². The van der Waals surface area contributed by atoms with Gasteiger partial charge in [-0.2, -0.15) is 0 Å². The van der Waals surface area contributed by atoms with Crippen LogP contribution in [0, 0.1) is 5.92 Å². The Kier molecular flexibility index (Phi) is 10.4. The first-order valence-corrected chi connectivity index (χ1v) is 9.13. The van der Waals surface area contributed by atoms with Crippen LogP contribution in [0.5, 0.6) is 0 Å². The number of benzene rings is 1. The van der Waals surface area contributed by atoms with Crippen LogP contribution in [0.2, 0.25) is 0 Å². The van der Waals surface area contributed by atoms with Gasteiger partial charge in [-0.15, -0.1) is 24.0 Å². The minimum Gasteiger partial charge on any atom is -0.370 e. The Morgan fingerprint density at radius 3 is 2.20 bits per heavy atom. The monoisotopic (exact) mass is 459 g/mol. The Morgan fingerprint density at radius 2 is 1.64 bits per heavy atom. The lowest BCUT2D eigenvalue weighted by Gasteiger charge is -2.34. The Labute approximate surface area is 170 Å². The van der Waals surface area contributed by atoms with Gasteiger partial charge in [0.2, 0.25) is 0 Å². The molecule has 1 aliphatic heterocycles. The normalized spacial score (nSPS) is 16.7. The van der Waals surface area contributed by atoms with E-state index in [0.29, 0.717) is 18.4 Å². The highest BCUT2D eigenvalue weighted by atomic mass is 127. The number of guanidine groups is 1. The molecule has 3 N–H and O–H groups in total. The van der Waals surface area contributed by atoms with Gasteiger partial charge in [0, 0.05) is 39.3 Å². The zero-order valence-corrected chi connectivity index (χ0v) is 18.2. The van der Waals surface area contributed by atoms with E-state index in [1.165, 1.54) is 24.2 Å². The van der Waals surface area contributed by atoms with Crippen LogP contribution >= 0.6 is 24.0 Å². The van der Waals surface area contributed by atoms with Crippen molar-refractivity contribution in [2.45, 2.75) is 33.9 Å². The van der Waals surface area contributed by atoms with Crippen molar-refractivity contribution >= 4 is 29.9 Å². The number of hydrogen-bond acceptors (Lipinski definition) is 3. The number of nitrogens with zero attached hydrogens (tertiary/aromatic N) is 3. The van der Waals surface area contributed by atoms with Gasteiger partial charge in [-0.1, -0.05) is 45.0 Å². The molecule has 1 fully saturated rings. The number of piperazine rings is 1. The van der Waals surface area contributed by atoms with E-state index in [1.54, 1.807) is 0 Å². The number of aliphatic imine (C=N–C) groups is 1. The van der Waals surface area contributed by atoms with Crippen molar-refractivity contribution in [3.05, 3.63) is 35.4 Å². The third kappa shape index (κ3) is 8.37. The van der Waals surface area contributed by atoms with Crippen LogP contribution in [0.3, 0.4) is 0 Å². The van der Waals surface area contributed by atoms with Crippen molar-refractivity contribution in [3.8, 4) is 0 Å². The van der Waals surface area contributed by atoms with Crippen LogP contribution < -0.4 is 11.1 Å². The van der Waals surface area contributed by atoms with Crippen LogP contribution in [-0.2, 0) is 13.1 Å². The van der Waals surface area contributed by atoms with E-state index >= 15 is 0 Å². The number of nitrogens with two attached hydrogens (primary N) is 1. The van der Waals surface area contributed by atoms with Gasteiger partial charge in [-0.25, -0.2) is 4.99 Å². The lowest BCUT2D eigenvalue weighted by atomic mass is 10.1. The molecular formula is C19H34IN5. The maximum atomic E-state index is 5.87. The summed E-state index contributed by atoms with van der Waals surface area (Å²) in [7, 11) is 0. The van der Waals surface area contributed by atoms with Gasteiger partial charge in [-0.05, 0) is 23.6 Å². The number of likely N-dealkylation sites (N-methyl/N-ethyl adjacent to an activating group) is 1. The summed E-state index contributed by atoms with van der Waals surface area (Å²) < 4.78 is 0. The fraction of sp³-hybridized carbons (Fsp3) is 0.632. The predicted molar refractivity (Wildman–Crippen MR) is 117 cm³/mol. The zero-order valence-electron chi connectivity index (χ0n) is 15.9. The summed E-state index contributed by atoms with van der Waals surface area (Å²) >= 11 is 0. The topological polar surface area (TPSA) is 56.9 Å². The molecule has 0 saturated carbocycles. The van der Waals surface area contributed by atoms with E-state index in [1.807, 2.05) is 0 Å². The Balaban J connectivity index is 0.00000312. The molecule has 0 bridgehead atoms. The molecule has 1 aromatic carbocycles. The number of hydrogen-bond donors (Lipinski definition) is 2. The van der Waals surface area contributed by atoms with Crippen LogP contribution in [0.1, 0.15) is 31.9 Å². The van der Waals surface area contributed by atoms with E-state index in [2.05, 4.69) is 65.1 Å². The van der Waals surface area contributed by atoms with E-state index in [-0.39, 0.29) is 24.0 Å². The van der Waals surface area contributed by atoms with Crippen molar-refractivity contribution in [3.63, 3.8) is 0 Å². The minimum absolute atomic E-state index is 0. The zero-order chi connectivity index (χ0) is 17.4. The Bertz CT molecular complexity index is 507. The molecule has 0 amide bonds. The fourth-order valence-electron chi connectivity index (χ4n) is 2.81. The molecular weight excluding hydrogens is 425 g/mol.